The van der Waals surface area contributed by atoms with E-state index in [-0.39, 0.29) is 12.1 Å². The van der Waals surface area contributed by atoms with E-state index < -0.39 is 0 Å². The first-order chi connectivity index (χ1) is 8.11. The lowest BCUT2D eigenvalue weighted by atomic mass is 10.0. The van der Waals surface area contributed by atoms with Gasteiger partial charge in [0, 0.05) is 12.2 Å². The number of rotatable bonds is 4. The predicted octanol–water partition coefficient (Wildman–Crippen LogP) is 2.42. The van der Waals surface area contributed by atoms with Crippen molar-refractivity contribution in [1.82, 2.24) is 9.78 Å². The molecule has 0 bridgehead atoms. The largest absolute Gasteiger partial charge is 0.464 e. The lowest BCUT2D eigenvalue weighted by Gasteiger charge is -2.21. The summed E-state index contributed by atoms with van der Waals surface area (Å²) in [6, 6.07) is 5.89. The second-order valence-corrected chi connectivity index (χ2v) is 4.40. The van der Waals surface area contributed by atoms with Gasteiger partial charge in [0.2, 0.25) is 0 Å². The quantitative estimate of drug-likeness (QED) is 0.882. The van der Waals surface area contributed by atoms with Gasteiger partial charge in [-0.2, -0.15) is 5.10 Å². The van der Waals surface area contributed by atoms with Crippen LogP contribution in [0.4, 0.5) is 0 Å². The first kappa shape index (κ1) is 11.9. The van der Waals surface area contributed by atoms with Crippen LogP contribution in [0.25, 0.3) is 0 Å². The fraction of sp³-hybridized carbons (Fsp3) is 0.462. The van der Waals surface area contributed by atoms with Crippen LogP contribution < -0.4 is 5.73 Å². The molecule has 0 fully saturated rings. The van der Waals surface area contributed by atoms with Crippen LogP contribution in [0, 0.1) is 13.8 Å². The molecule has 2 N–H and O–H groups in total. The molecular formula is C13H19N3O. The van der Waals surface area contributed by atoms with Crippen LogP contribution in [0.2, 0.25) is 0 Å². The summed E-state index contributed by atoms with van der Waals surface area (Å²) in [6.07, 6.45) is 2.83. The fourth-order valence-corrected chi connectivity index (χ4v) is 1.96. The second kappa shape index (κ2) is 4.75. The Morgan fingerprint density at radius 3 is 2.59 bits per heavy atom. The van der Waals surface area contributed by atoms with E-state index >= 15 is 0 Å². The molecule has 0 aliphatic carbocycles. The van der Waals surface area contributed by atoms with Gasteiger partial charge in [0.25, 0.3) is 0 Å². The van der Waals surface area contributed by atoms with Crippen molar-refractivity contribution in [1.29, 1.82) is 0 Å². The van der Waals surface area contributed by atoms with Gasteiger partial charge in [0.15, 0.2) is 0 Å². The highest BCUT2D eigenvalue weighted by atomic mass is 16.3. The molecule has 2 aromatic heterocycles. The molecule has 0 aliphatic heterocycles. The topological polar surface area (TPSA) is 57.0 Å². The van der Waals surface area contributed by atoms with Gasteiger partial charge in [0.05, 0.1) is 5.69 Å². The molecule has 0 saturated heterocycles. The molecule has 2 rings (SSSR count). The fourth-order valence-electron chi connectivity index (χ4n) is 1.96. The van der Waals surface area contributed by atoms with E-state index in [0.717, 1.165) is 23.6 Å². The lowest BCUT2D eigenvalue weighted by molar-refractivity contribution is 0.344. The Balaban J connectivity index is 2.38. The van der Waals surface area contributed by atoms with Gasteiger partial charge in [-0.15, -0.1) is 0 Å². The molecule has 0 saturated carbocycles. The van der Waals surface area contributed by atoms with E-state index in [0.29, 0.717) is 0 Å². The predicted molar refractivity (Wildman–Crippen MR) is 66.8 cm³/mol. The third-order valence-corrected chi connectivity index (χ3v) is 2.96. The van der Waals surface area contributed by atoms with Crippen molar-refractivity contribution in [3.63, 3.8) is 0 Å². The van der Waals surface area contributed by atoms with E-state index in [9.17, 15) is 0 Å². The molecule has 2 heterocycles. The molecule has 92 valence electrons. The Morgan fingerprint density at radius 2 is 2.12 bits per heavy atom. The summed E-state index contributed by atoms with van der Waals surface area (Å²) < 4.78 is 7.58. The van der Waals surface area contributed by atoms with Gasteiger partial charge in [-0.1, -0.05) is 6.92 Å². The number of nitrogens with two attached hydrogens (primary N) is 1. The number of aryl methyl sites for hydroxylation is 2. The van der Waals surface area contributed by atoms with Crippen molar-refractivity contribution in [3.05, 3.63) is 41.6 Å². The average molecular weight is 233 g/mol. The van der Waals surface area contributed by atoms with Gasteiger partial charge in [-0.3, -0.25) is 4.68 Å². The van der Waals surface area contributed by atoms with E-state index in [2.05, 4.69) is 12.0 Å². The normalized spacial score (nSPS) is 14.8. The minimum absolute atomic E-state index is 0.000139. The van der Waals surface area contributed by atoms with Gasteiger partial charge in [0.1, 0.15) is 17.6 Å². The zero-order chi connectivity index (χ0) is 12.4. The van der Waals surface area contributed by atoms with Crippen LogP contribution >= 0.6 is 0 Å². The van der Waals surface area contributed by atoms with Crippen molar-refractivity contribution in [3.8, 4) is 0 Å². The zero-order valence-electron chi connectivity index (χ0n) is 10.6. The molecule has 0 radical (unpaired) electrons. The Hall–Kier alpha value is -1.55. The minimum atomic E-state index is -0.0256. The Bertz CT molecular complexity index is 446. The standard InChI is InChI=1S/C13H19N3O/c1-4-11(14)13(12-6-5-10(3)17-12)16-8-7-9(2)15-16/h5-8,11,13H,4,14H2,1-3H3. The SMILES string of the molecule is CCC(N)C(c1ccc(C)o1)n1ccc(C)n1. The summed E-state index contributed by atoms with van der Waals surface area (Å²) in [5.41, 5.74) is 7.17. The maximum absolute atomic E-state index is 6.18. The van der Waals surface area contributed by atoms with Crippen molar-refractivity contribution in [2.45, 2.75) is 39.3 Å². The summed E-state index contributed by atoms with van der Waals surface area (Å²) in [7, 11) is 0. The number of hydrogen-bond acceptors (Lipinski definition) is 3. The van der Waals surface area contributed by atoms with Crippen LogP contribution in [0.5, 0.6) is 0 Å². The van der Waals surface area contributed by atoms with Crippen molar-refractivity contribution in [2.75, 3.05) is 0 Å². The van der Waals surface area contributed by atoms with Crippen molar-refractivity contribution >= 4 is 0 Å². The van der Waals surface area contributed by atoms with Crippen LogP contribution in [-0.4, -0.2) is 15.8 Å². The molecule has 0 spiro atoms. The van der Waals surface area contributed by atoms with E-state index in [1.165, 1.54) is 0 Å². The van der Waals surface area contributed by atoms with Crippen molar-refractivity contribution in [2.24, 2.45) is 5.73 Å². The summed E-state index contributed by atoms with van der Waals surface area (Å²) in [5.74, 6) is 1.78. The molecule has 0 aromatic carbocycles. The summed E-state index contributed by atoms with van der Waals surface area (Å²) >= 11 is 0. The van der Waals surface area contributed by atoms with Crippen LogP contribution in [0.3, 0.4) is 0 Å². The summed E-state index contributed by atoms with van der Waals surface area (Å²) in [5, 5.41) is 4.44. The van der Waals surface area contributed by atoms with Crippen molar-refractivity contribution < 1.29 is 4.42 Å². The highest BCUT2D eigenvalue weighted by Gasteiger charge is 2.24. The number of nitrogens with zero attached hydrogens (tertiary/aromatic N) is 2. The lowest BCUT2D eigenvalue weighted by Crippen LogP contribution is -2.32. The third kappa shape index (κ3) is 2.42. The Morgan fingerprint density at radius 1 is 1.35 bits per heavy atom. The molecule has 2 unspecified atom stereocenters. The van der Waals surface area contributed by atoms with E-state index in [1.807, 2.05) is 42.9 Å². The minimum Gasteiger partial charge on any atom is -0.464 e. The van der Waals surface area contributed by atoms with Gasteiger partial charge < -0.3 is 10.2 Å². The second-order valence-electron chi connectivity index (χ2n) is 4.40. The third-order valence-electron chi connectivity index (χ3n) is 2.96. The molecule has 4 heteroatoms. The molecule has 0 aliphatic rings. The monoisotopic (exact) mass is 233 g/mol. The van der Waals surface area contributed by atoms with Gasteiger partial charge in [-0.05, 0) is 38.5 Å². The molecule has 2 atom stereocenters. The molecule has 17 heavy (non-hydrogen) atoms. The zero-order valence-corrected chi connectivity index (χ0v) is 10.6. The summed E-state index contributed by atoms with van der Waals surface area (Å²) in [4.78, 5) is 0. The van der Waals surface area contributed by atoms with E-state index in [4.69, 9.17) is 10.2 Å². The number of aromatic nitrogens is 2. The average Bonchev–Trinajstić information content (AvgIpc) is 2.89. The Kier molecular flexibility index (Phi) is 3.33. The van der Waals surface area contributed by atoms with Crippen LogP contribution in [-0.2, 0) is 0 Å². The highest BCUT2D eigenvalue weighted by Crippen LogP contribution is 2.24. The van der Waals surface area contributed by atoms with E-state index in [1.54, 1.807) is 0 Å². The van der Waals surface area contributed by atoms with Gasteiger partial charge in [-0.25, -0.2) is 0 Å². The highest BCUT2D eigenvalue weighted by molar-refractivity contribution is 5.13. The summed E-state index contributed by atoms with van der Waals surface area (Å²) in [6.45, 7) is 5.98. The first-order valence-electron chi connectivity index (χ1n) is 5.95. The number of furan rings is 1. The first-order valence-corrected chi connectivity index (χ1v) is 5.95. The maximum atomic E-state index is 6.18. The molecular weight excluding hydrogens is 214 g/mol. The molecule has 0 amide bonds. The molecule has 2 aromatic rings. The smallest absolute Gasteiger partial charge is 0.130 e. The Labute approximate surface area is 101 Å². The van der Waals surface area contributed by atoms with Crippen LogP contribution in [0.1, 0.15) is 36.6 Å². The number of hydrogen-bond donors (Lipinski definition) is 1. The van der Waals surface area contributed by atoms with Crippen LogP contribution in [0.15, 0.2) is 28.8 Å². The molecule has 4 nitrogen and oxygen atoms in total. The van der Waals surface area contributed by atoms with Gasteiger partial charge >= 0.3 is 0 Å². The maximum Gasteiger partial charge on any atom is 0.130 e.